The van der Waals surface area contributed by atoms with E-state index in [1.165, 1.54) is 6.42 Å². The fourth-order valence-electron chi connectivity index (χ4n) is 2.41. The van der Waals surface area contributed by atoms with Gasteiger partial charge >= 0.3 is 0 Å². The molecule has 3 heteroatoms. The Kier molecular flexibility index (Phi) is 3.38. The molecule has 16 heavy (non-hydrogen) atoms. The van der Waals surface area contributed by atoms with Gasteiger partial charge in [-0.2, -0.15) is 0 Å². The number of hydrogen-bond acceptors (Lipinski definition) is 2. The first-order valence-corrected chi connectivity index (χ1v) is 6.52. The molecular formula is C13H18BrNO. The summed E-state index contributed by atoms with van der Waals surface area (Å²) in [5, 5.41) is 10.4. The highest BCUT2D eigenvalue weighted by molar-refractivity contribution is 9.10. The van der Waals surface area contributed by atoms with Gasteiger partial charge in [-0.1, -0.05) is 34.5 Å². The second kappa shape index (κ2) is 4.47. The zero-order chi connectivity index (χ0) is 11.8. The molecule has 0 aliphatic heterocycles. The van der Waals surface area contributed by atoms with Crippen molar-refractivity contribution < 1.29 is 5.11 Å². The molecule has 0 bridgehead atoms. The maximum atomic E-state index is 10.4. The molecule has 0 heterocycles. The molecule has 1 aromatic rings. The van der Waals surface area contributed by atoms with Crippen molar-refractivity contribution in [1.82, 2.24) is 0 Å². The first-order valence-electron chi connectivity index (χ1n) is 5.73. The second-order valence-corrected chi connectivity index (χ2v) is 5.69. The summed E-state index contributed by atoms with van der Waals surface area (Å²) in [6.07, 6.45) is 2.85. The molecule has 0 saturated heterocycles. The van der Waals surface area contributed by atoms with E-state index in [1.807, 2.05) is 25.1 Å². The highest BCUT2D eigenvalue weighted by Crippen LogP contribution is 2.49. The van der Waals surface area contributed by atoms with Crippen LogP contribution in [0.15, 0.2) is 22.7 Å². The van der Waals surface area contributed by atoms with Gasteiger partial charge in [0.2, 0.25) is 0 Å². The van der Waals surface area contributed by atoms with E-state index in [-0.39, 0.29) is 5.41 Å². The van der Waals surface area contributed by atoms with Crippen molar-refractivity contribution in [3.63, 3.8) is 0 Å². The predicted octanol–water partition coefficient (Wildman–Crippen LogP) is 2.92. The molecule has 0 aromatic heterocycles. The van der Waals surface area contributed by atoms with Crippen molar-refractivity contribution >= 4 is 15.9 Å². The average Bonchev–Trinajstić information content (AvgIpc) is 2.21. The van der Waals surface area contributed by atoms with Crippen LogP contribution in [-0.2, 0) is 0 Å². The van der Waals surface area contributed by atoms with Crippen molar-refractivity contribution in [2.24, 2.45) is 11.1 Å². The van der Waals surface area contributed by atoms with Crippen molar-refractivity contribution in [3.8, 4) is 0 Å². The Morgan fingerprint density at radius 1 is 1.50 bits per heavy atom. The van der Waals surface area contributed by atoms with Crippen LogP contribution >= 0.6 is 15.9 Å². The van der Waals surface area contributed by atoms with Crippen LogP contribution in [0.5, 0.6) is 0 Å². The highest BCUT2D eigenvalue weighted by atomic mass is 79.9. The topological polar surface area (TPSA) is 46.2 Å². The second-order valence-electron chi connectivity index (χ2n) is 4.83. The summed E-state index contributed by atoms with van der Waals surface area (Å²) in [5.74, 6) is 0. The monoisotopic (exact) mass is 283 g/mol. The molecule has 1 aromatic carbocycles. The van der Waals surface area contributed by atoms with Crippen molar-refractivity contribution in [3.05, 3.63) is 33.8 Å². The molecule has 0 radical (unpaired) electrons. The van der Waals surface area contributed by atoms with Gasteiger partial charge in [-0.25, -0.2) is 0 Å². The SMILES string of the molecule is Cc1cc(C(O)C2(CN)CCC2)ccc1Br. The molecule has 2 nitrogen and oxygen atoms in total. The van der Waals surface area contributed by atoms with Gasteiger partial charge in [-0.05, 0) is 37.0 Å². The largest absolute Gasteiger partial charge is 0.388 e. The zero-order valence-corrected chi connectivity index (χ0v) is 11.1. The number of benzene rings is 1. The van der Waals surface area contributed by atoms with E-state index in [9.17, 15) is 5.11 Å². The maximum Gasteiger partial charge on any atom is 0.0858 e. The van der Waals surface area contributed by atoms with E-state index in [0.29, 0.717) is 6.54 Å². The molecule has 0 spiro atoms. The Morgan fingerprint density at radius 2 is 2.19 bits per heavy atom. The van der Waals surface area contributed by atoms with Crippen LogP contribution in [0.25, 0.3) is 0 Å². The van der Waals surface area contributed by atoms with Crippen LogP contribution in [-0.4, -0.2) is 11.7 Å². The molecule has 1 aliphatic rings. The molecular weight excluding hydrogens is 266 g/mol. The lowest BCUT2D eigenvalue weighted by Crippen LogP contribution is -2.42. The van der Waals surface area contributed by atoms with Crippen molar-refractivity contribution in [1.29, 1.82) is 0 Å². The Bertz CT molecular complexity index is 382. The van der Waals surface area contributed by atoms with Gasteiger partial charge in [0, 0.05) is 16.4 Å². The number of nitrogens with two attached hydrogens (primary N) is 1. The number of aliphatic hydroxyl groups is 1. The van der Waals surface area contributed by atoms with Crippen LogP contribution in [0.3, 0.4) is 0 Å². The molecule has 1 unspecified atom stereocenters. The highest BCUT2D eigenvalue weighted by Gasteiger charge is 2.42. The summed E-state index contributed by atoms with van der Waals surface area (Å²) in [5.41, 5.74) is 7.88. The first-order chi connectivity index (χ1) is 7.59. The maximum absolute atomic E-state index is 10.4. The smallest absolute Gasteiger partial charge is 0.0858 e. The number of aryl methyl sites for hydroxylation is 1. The number of rotatable bonds is 3. The van der Waals surface area contributed by atoms with Gasteiger partial charge in [-0.15, -0.1) is 0 Å². The lowest BCUT2D eigenvalue weighted by molar-refractivity contribution is -0.0297. The van der Waals surface area contributed by atoms with Crippen LogP contribution in [0.4, 0.5) is 0 Å². The predicted molar refractivity (Wildman–Crippen MR) is 69.2 cm³/mol. The summed E-state index contributed by atoms with van der Waals surface area (Å²) in [7, 11) is 0. The zero-order valence-electron chi connectivity index (χ0n) is 9.54. The molecule has 0 amide bonds. The summed E-state index contributed by atoms with van der Waals surface area (Å²) in [6.45, 7) is 2.61. The molecule has 1 atom stereocenters. The number of halogens is 1. The molecule has 1 aliphatic carbocycles. The Balaban J connectivity index is 2.26. The lowest BCUT2D eigenvalue weighted by atomic mass is 9.63. The average molecular weight is 284 g/mol. The van der Waals surface area contributed by atoms with Crippen LogP contribution in [0, 0.1) is 12.3 Å². The van der Waals surface area contributed by atoms with Gasteiger partial charge in [0.1, 0.15) is 0 Å². The first kappa shape index (κ1) is 12.1. The summed E-state index contributed by atoms with van der Waals surface area (Å²) < 4.78 is 1.08. The third-order valence-electron chi connectivity index (χ3n) is 3.83. The molecule has 2 rings (SSSR count). The fourth-order valence-corrected chi connectivity index (χ4v) is 2.66. The van der Waals surface area contributed by atoms with E-state index < -0.39 is 6.10 Å². The van der Waals surface area contributed by atoms with Crippen molar-refractivity contribution in [2.45, 2.75) is 32.3 Å². The lowest BCUT2D eigenvalue weighted by Gasteiger charge is -2.45. The quantitative estimate of drug-likeness (QED) is 0.896. The van der Waals surface area contributed by atoms with E-state index in [0.717, 1.165) is 28.4 Å². The van der Waals surface area contributed by atoms with E-state index in [4.69, 9.17) is 5.73 Å². The van der Waals surface area contributed by atoms with E-state index >= 15 is 0 Å². The van der Waals surface area contributed by atoms with E-state index in [2.05, 4.69) is 15.9 Å². The number of hydrogen-bond donors (Lipinski definition) is 2. The molecule has 88 valence electrons. The standard InChI is InChI=1S/C13H18BrNO/c1-9-7-10(3-4-11(9)14)12(16)13(8-15)5-2-6-13/h3-4,7,12,16H,2,5-6,8,15H2,1H3. The van der Waals surface area contributed by atoms with Gasteiger partial charge in [0.05, 0.1) is 6.10 Å². The van der Waals surface area contributed by atoms with Crippen LogP contribution in [0.1, 0.15) is 36.5 Å². The fraction of sp³-hybridized carbons (Fsp3) is 0.538. The van der Waals surface area contributed by atoms with Gasteiger partial charge in [0.15, 0.2) is 0 Å². The summed E-state index contributed by atoms with van der Waals surface area (Å²) in [4.78, 5) is 0. The minimum Gasteiger partial charge on any atom is -0.388 e. The van der Waals surface area contributed by atoms with Gasteiger partial charge in [0.25, 0.3) is 0 Å². The minimum absolute atomic E-state index is 0.0692. The Morgan fingerprint density at radius 3 is 2.62 bits per heavy atom. The number of aliphatic hydroxyl groups excluding tert-OH is 1. The molecule has 1 fully saturated rings. The Labute approximate surface area is 105 Å². The third kappa shape index (κ3) is 1.92. The summed E-state index contributed by atoms with van der Waals surface area (Å²) in [6, 6.07) is 6.03. The Hall–Kier alpha value is -0.380. The normalized spacial score (nSPS) is 20.2. The minimum atomic E-state index is -0.418. The van der Waals surface area contributed by atoms with Gasteiger partial charge in [-0.3, -0.25) is 0 Å². The molecule has 1 saturated carbocycles. The van der Waals surface area contributed by atoms with Crippen molar-refractivity contribution in [2.75, 3.05) is 6.54 Å². The van der Waals surface area contributed by atoms with E-state index in [1.54, 1.807) is 0 Å². The van der Waals surface area contributed by atoms with Gasteiger partial charge < -0.3 is 10.8 Å². The third-order valence-corrected chi connectivity index (χ3v) is 4.72. The summed E-state index contributed by atoms with van der Waals surface area (Å²) >= 11 is 3.47. The van der Waals surface area contributed by atoms with Crippen LogP contribution in [0.2, 0.25) is 0 Å². The van der Waals surface area contributed by atoms with Crippen LogP contribution < -0.4 is 5.73 Å². The molecule has 3 N–H and O–H groups in total.